The summed E-state index contributed by atoms with van der Waals surface area (Å²) < 4.78 is 58.9. The van der Waals surface area contributed by atoms with Gasteiger partial charge in [-0.15, -0.1) is 0 Å². The molecule has 0 amide bonds. The van der Waals surface area contributed by atoms with Gasteiger partial charge in [-0.1, -0.05) is 0 Å². The summed E-state index contributed by atoms with van der Waals surface area (Å²) in [6.07, 6.45) is 0.504. The Morgan fingerprint density at radius 1 is 1.21 bits per heavy atom. The van der Waals surface area contributed by atoms with E-state index in [9.17, 15) is 17.2 Å². The number of ether oxygens (including phenoxy) is 2. The quantitative estimate of drug-likeness (QED) is 0.573. The molecule has 4 nitrogen and oxygen atoms in total. The molecule has 0 radical (unpaired) electrons. The summed E-state index contributed by atoms with van der Waals surface area (Å²) in [4.78, 5) is -0.909. The highest BCUT2D eigenvalue weighted by Gasteiger charge is 2.22. The monoisotopic (exact) mass is 314 g/mol. The molecule has 1 aromatic rings. The molecule has 108 valence electrons. The van der Waals surface area contributed by atoms with Gasteiger partial charge in [-0.25, -0.2) is 12.8 Å². The lowest BCUT2D eigenvalue weighted by Gasteiger charge is -2.09. The van der Waals surface area contributed by atoms with E-state index in [1.807, 2.05) is 6.92 Å². The fraction of sp³-hybridized carbons (Fsp3) is 0.455. The van der Waals surface area contributed by atoms with E-state index >= 15 is 0 Å². The molecule has 0 aliphatic carbocycles. The van der Waals surface area contributed by atoms with Gasteiger partial charge < -0.3 is 9.47 Å². The highest BCUT2D eigenvalue weighted by Crippen LogP contribution is 2.27. The highest BCUT2D eigenvalue weighted by atomic mass is 35.7. The molecule has 0 heterocycles. The molecule has 8 heteroatoms. The van der Waals surface area contributed by atoms with Crippen molar-refractivity contribution >= 4 is 19.7 Å². The van der Waals surface area contributed by atoms with Crippen LogP contribution in [-0.2, 0) is 13.8 Å². The van der Waals surface area contributed by atoms with Crippen LogP contribution in [0.5, 0.6) is 5.75 Å². The first-order chi connectivity index (χ1) is 8.88. The minimum absolute atomic E-state index is 0.128. The van der Waals surface area contributed by atoms with E-state index in [0.29, 0.717) is 19.6 Å². The second-order valence-corrected chi connectivity index (χ2v) is 6.06. The molecule has 0 saturated carbocycles. The van der Waals surface area contributed by atoms with E-state index in [-0.39, 0.29) is 12.4 Å². The summed E-state index contributed by atoms with van der Waals surface area (Å²) in [5.41, 5.74) is 0. The van der Waals surface area contributed by atoms with E-state index in [0.717, 1.165) is 12.1 Å². The fourth-order valence-electron chi connectivity index (χ4n) is 1.30. The zero-order chi connectivity index (χ0) is 14.5. The number of benzene rings is 1. The maximum atomic E-state index is 13.5. The summed E-state index contributed by atoms with van der Waals surface area (Å²) >= 11 is 0. The predicted octanol–water partition coefficient (Wildman–Crippen LogP) is 2.70. The van der Waals surface area contributed by atoms with Crippen molar-refractivity contribution in [3.8, 4) is 5.75 Å². The molecular weight excluding hydrogens is 302 g/mol. The Hall–Kier alpha value is -0.920. The van der Waals surface area contributed by atoms with Gasteiger partial charge in [-0.3, -0.25) is 0 Å². The van der Waals surface area contributed by atoms with E-state index in [4.69, 9.17) is 20.2 Å². The van der Waals surface area contributed by atoms with Crippen molar-refractivity contribution in [1.29, 1.82) is 0 Å². The van der Waals surface area contributed by atoms with Crippen molar-refractivity contribution in [3.63, 3.8) is 0 Å². The third-order valence-electron chi connectivity index (χ3n) is 2.17. The van der Waals surface area contributed by atoms with Crippen LogP contribution in [0.15, 0.2) is 17.0 Å². The molecule has 0 aliphatic rings. The Labute approximate surface area is 114 Å². The van der Waals surface area contributed by atoms with Crippen LogP contribution in [0.3, 0.4) is 0 Å². The van der Waals surface area contributed by atoms with Crippen molar-refractivity contribution in [2.45, 2.75) is 18.2 Å². The second-order valence-electron chi connectivity index (χ2n) is 3.53. The van der Waals surface area contributed by atoms with Crippen LogP contribution in [-0.4, -0.2) is 28.2 Å². The van der Waals surface area contributed by atoms with Crippen LogP contribution in [0, 0.1) is 11.6 Å². The molecule has 1 rings (SSSR count). The first-order valence-electron chi connectivity index (χ1n) is 5.51. The van der Waals surface area contributed by atoms with E-state index in [1.165, 1.54) is 0 Å². The summed E-state index contributed by atoms with van der Waals surface area (Å²) in [6.45, 7) is 2.96. The third kappa shape index (κ3) is 4.59. The molecule has 0 unspecified atom stereocenters. The van der Waals surface area contributed by atoms with Gasteiger partial charge in [0, 0.05) is 30.3 Å². The van der Waals surface area contributed by atoms with Gasteiger partial charge in [0.05, 0.1) is 6.61 Å². The minimum atomic E-state index is -4.32. The molecule has 0 saturated heterocycles. The molecule has 0 spiro atoms. The summed E-state index contributed by atoms with van der Waals surface area (Å²) in [7, 11) is 0.634. The molecule has 0 bridgehead atoms. The summed E-state index contributed by atoms with van der Waals surface area (Å²) in [5, 5.41) is 0. The smallest absolute Gasteiger partial charge is 0.264 e. The highest BCUT2D eigenvalue weighted by molar-refractivity contribution is 8.13. The van der Waals surface area contributed by atoms with Crippen molar-refractivity contribution in [2.24, 2.45) is 0 Å². The predicted molar refractivity (Wildman–Crippen MR) is 66.0 cm³/mol. The van der Waals surface area contributed by atoms with Crippen molar-refractivity contribution < 1.29 is 26.7 Å². The van der Waals surface area contributed by atoms with Crippen LogP contribution >= 0.6 is 10.7 Å². The Morgan fingerprint density at radius 2 is 1.89 bits per heavy atom. The standard InChI is InChI=1S/C11H13ClF2O4S/c1-2-17-6-3-7-18-8-4-5-9(19(12,15)16)11(14)10(8)13/h4-5H,2-3,6-7H2,1H3. The summed E-state index contributed by atoms with van der Waals surface area (Å²) in [5.74, 6) is -3.28. The first kappa shape index (κ1) is 16.1. The Morgan fingerprint density at radius 3 is 2.47 bits per heavy atom. The topological polar surface area (TPSA) is 52.6 Å². The van der Waals surface area contributed by atoms with Gasteiger partial charge >= 0.3 is 0 Å². The maximum absolute atomic E-state index is 13.5. The van der Waals surface area contributed by atoms with Crippen molar-refractivity contribution in [1.82, 2.24) is 0 Å². The molecule has 0 aromatic heterocycles. The lowest BCUT2D eigenvalue weighted by atomic mass is 10.3. The van der Waals surface area contributed by atoms with Crippen molar-refractivity contribution in [2.75, 3.05) is 19.8 Å². The lowest BCUT2D eigenvalue weighted by Crippen LogP contribution is -2.06. The normalized spacial score (nSPS) is 11.6. The molecule has 1 aromatic carbocycles. The number of rotatable bonds is 7. The van der Waals surface area contributed by atoms with Gasteiger partial charge in [-0.2, -0.15) is 4.39 Å². The van der Waals surface area contributed by atoms with E-state index < -0.39 is 25.6 Å². The van der Waals surface area contributed by atoms with Crippen molar-refractivity contribution in [3.05, 3.63) is 23.8 Å². The second kappa shape index (κ2) is 7.02. The maximum Gasteiger partial charge on any atom is 0.264 e. The summed E-state index contributed by atoms with van der Waals surface area (Å²) in [6, 6.07) is 1.88. The molecule has 0 N–H and O–H groups in total. The number of halogens is 3. The zero-order valence-electron chi connectivity index (χ0n) is 10.2. The van der Waals surface area contributed by atoms with Gasteiger partial charge in [0.2, 0.25) is 5.82 Å². The van der Waals surface area contributed by atoms with E-state index in [2.05, 4.69) is 0 Å². The average molecular weight is 315 g/mol. The van der Waals surface area contributed by atoms with E-state index in [1.54, 1.807) is 0 Å². The molecular formula is C11H13ClF2O4S. The van der Waals surface area contributed by atoms with Crippen LogP contribution in [0.2, 0.25) is 0 Å². The Balaban J connectivity index is 2.75. The van der Waals surface area contributed by atoms with Crippen LogP contribution < -0.4 is 4.74 Å². The molecule has 0 fully saturated rings. The van der Waals surface area contributed by atoms with Gasteiger partial charge in [0.25, 0.3) is 9.05 Å². The van der Waals surface area contributed by atoms with Gasteiger partial charge in [0.1, 0.15) is 4.90 Å². The lowest BCUT2D eigenvalue weighted by molar-refractivity contribution is 0.130. The zero-order valence-corrected chi connectivity index (χ0v) is 11.7. The Bertz CT molecular complexity index is 534. The number of hydrogen-bond donors (Lipinski definition) is 0. The van der Waals surface area contributed by atoms with Crippen LogP contribution in [0.25, 0.3) is 0 Å². The number of hydrogen-bond acceptors (Lipinski definition) is 4. The van der Waals surface area contributed by atoms with Crippen LogP contribution in [0.1, 0.15) is 13.3 Å². The first-order valence-corrected chi connectivity index (χ1v) is 7.82. The minimum Gasteiger partial charge on any atom is -0.490 e. The largest absolute Gasteiger partial charge is 0.490 e. The third-order valence-corrected chi connectivity index (χ3v) is 3.51. The molecule has 0 aliphatic heterocycles. The Kier molecular flexibility index (Phi) is 5.96. The van der Waals surface area contributed by atoms with Gasteiger partial charge in [0.15, 0.2) is 11.6 Å². The molecule has 19 heavy (non-hydrogen) atoms. The van der Waals surface area contributed by atoms with Gasteiger partial charge in [-0.05, 0) is 19.1 Å². The van der Waals surface area contributed by atoms with Crippen LogP contribution in [0.4, 0.5) is 8.78 Å². The molecule has 0 atom stereocenters. The fourth-order valence-corrected chi connectivity index (χ4v) is 2.19. The SMILES string of the molecule is CCOCCCOc1ccc(S(=O)(=O)Cl)c(F)c1F. The average Bonchev–Trinajstić information content (AvgIpc) is 2.32.